The third-order valence-electron chi connectivity index (χ3n) is 4.05. The summed E-state index contributed by atoms with van der Waals surface area (Å²) < 4.78 is 0. The van der Waals surface area contributed by atoms with Crippen LogP contribution in [0.1, 0.15) is 42.9 Å². The lowest BCUT2D eigenvalue weighted by atomic mass is 9.84. The number of carbonyl (C=O) groups is 1. The van der Waals surface area contributed by atoms with Crippen molar-refractivity contribution in [1.82, 2.24) is 14.9 Å². The van der Waals surface area contributed by atoms with Crippen LogP contribution in [-0.2, 0) is 0 Å². The molecular weight excluding hydrogens is 250 g/mol. The van der Waals surface area contributed by atoms with Crippen molar-refractivity contribution < 1.29 is 4.79 Å². The number of fused-ring (bicyclic) bond motifs is 1. The van der Waals surface area contributed by atoms with E-state index in [1.807, 2.05) is 30.0 Å². The van der Waals surface area contributed by atoms with Crippen molar-refractivity contribution >= 4 is 16.9 Å². The Labute approximate surface area is 119 Å². The van der Waals surface area contributed by atoms with E-state index in [2.05, 4.69) is 23.8 Å². The van der Waals surface area contributed by atoms with E-state index in [1.54, 1.807) is 0 Å². The van der Waals surface area contributed by atoms with Crippen LogP contribution in [0.3, 0.4) is 0 Å². The van der Waals surface area contributed by atoms with Crippen LogP contribution in [0.4, 0.5) is 0 Å². The number of nitrogens with zero attached hydrogens (tertiary/aromatic N) is 2. The van der Waals surface area contributed by atoms with Gasteiger partial charge in [0.15, 0.2) is 0 Å². The highest BCUT2D eigenvalue weighted by molar-refractivity contribution is 6.04. The molecule has 106 valence electrons. The number of hydrogen-bond acceptors (Lipinski definition) is 2. The molecule has 1 aromatic carbocycles. The fraction of sp³-hybridized carbons (Fsp3) is 0.500. The molecule has 4 nitrogen and oxygen atoms in total. The quantitative estimate of drug-likeness (QED) is 0.866. The Morgan fingerprint density at radius 3 is 2.95 bits per heavy atom. The zero-order chi connectivity index (χ0) is 14.3. The number of hydrogen-bond donors (Lipinski definition) is 1. The van der Waals surface area contributed by atoms with E-state index < -0.39 is 0 Å². The second-order valence-electron chi connectivity index (χ2n) is 6.52. The van der Waals surface area contributed by atoms with Gasteiger partial charge in [-0.15, -0.1) is 0 Å². The highest BCUT2D eigenvalue weighted by Gasteiger charge is 2.30. The molecule has 0 spiro atoms. The molecule has 0 atom stereocenters. The molecule has 0 radical (unpaired) electrons. The first-order chi connectivity index (χ1) is 9.46. The van der Waals surface area contributed by atoms with Crippen LogP contribution in [-0.4, -0.2) is 33.9 Å². The van der Waals surface area contributed by atoms with Crippen molar-refractivity contribution in [2.45, 2.75) is 33.6 Å². The molecule has 2 aromatic rings. The molecule has 1 aromatic heterocycles. The number of nitrogens with one attached hydrogen (secondary N) is 1. The molecule has 1 aliphatic rings. The van der Waals surface area contributed by atoms with E-state index in [0.29, 0.717) is 5.56 Å². The summed E-state index contributed by atoms with van der Waals surface area (Å²) in [4.78, 5) is 22.4. The zero-order valence-corrected chi connectivity index (χ0v) is 12.4. The van der Waals surface area contributed by atoms with Crippen LogP contribution in [0.25, 0.3) is 11.0 Å². The highest BCUT2D eigenvalue weighted by Crippen LogP contribution is 2.30. The number of H-pyrrole nitrogens is 1. The summed E-state index contributed by atoms with van der Waals surface area (Å²) in [5.41, 5.74) is 2.65. The van der Waals surface area contributed by atoms with Crippen LogP contribution in [0.5, 0.6) is 0 Å². The standard InChI is InChI=1S/C16H21N3O/c1-11-17-13-7-4-6-12(14(13)18-11)15(20)19-9-5-8-16(2,3)10-19/h4,6-7H,5,8-10H2,1-3H3,(H,17,18). The van der Waals surface area contributed by atoms with Crippen molar-refractivity contribution in [1.29, 1.82) is 0 Å². The SMILES string of the molecule is Cc1nc2c(C(=O)N3CCCC(C)(C)C3)cccc2[nH]1. The molecule has 1 N–H and O–H groups in total. The predicted octanol–water partition coefficient (Wildman–Crippen LogP) is 3.13. The smallest absolute Gasteiger partial charge is 0.256 e. The van der Waals surface area contributed by atoms with Gasteiger partial charge in [0.1, 0.15) is 11.3 Å². The van der Waals surface area contributed by atoms with Gasteiger partial charge in [0.25, 0.3) is 5.91 Å². The second kappa shape index (κ2) is 4.62. The Morgan fingerprint density at radius 2 is 2.20 bits per heavy atom. The van der Waals surface area contributed by atoms with Gasteiger partial charge < -0.3 is 9.88 Å². The summed E-state index contributed by atoms with van der Waals surface area (Å²) in [6.07, 6.45) is 2.26. The molecule has 0 bridgehead atoms. The summed E-state index contributed by atoms with van der Waals surface area (Å²) >= 11 is 0. The lowest BCUT2D eigenvalue weighted by Gasteiger charge is -2.38. The molecule has 1 amide bonds. The average molecular weight is 271 g/mol. The lowest BCUT2D eigenvalue weighted by molar-refractivity contribution is 0.0585. The molecule has 1 aliphatic heterocycles. The Morgan fingerprint density at radius 1 is 1.40 bits per heavy atom. The Bertz CT molecular complexity index is 657. The van der Waals surface area contributed by atoms with Gasteiger partial charge in [-0.05, 0) is 37.3 Å². The molecule has 0 saturated carbocycles. The summed E-state index contributed by atoms with van der Waals surface area (Å²) in [6, 6.07) is 5.76. The van der Waals surface area contributed by atoms with Crippen LogP contribution in [0.15, 0.2) is 18.2 Å². The number of piperidine rings is 1. The maximum absolute atomic E-state index is 12.8. The van der Waals surface area contributed by atoms with E-state index in [4.69, 9.17) is 0 Å². The number of aryl methyl sites for hydroxylation is 1. The summed E-state index contributed by atoms with van der Waals surface area (Å²) in [7, 11) is 0. The minimum Gasteiger partial charge on any atom is -0.342 e. The fourth-order valence-corrected chi connectivity index (χ4v) is 3.09. The maximum Gasteiger partial charge on any atom is 0.256 e. The molecule has 20 heavy (non-hydrogen) atoms. The third-order valence-corrected chi connectivity index (χ3v) is 4.05. The Kier molecular flexibility index (Phi) is 3.04. The van der Waals surface area contributed by atoms with Gasteiger partial charge in [-0.3, -0.25) is 4.79 Å². The van der Waals surface area contributed by atoms with Gasteiger partial charge in [0, 0.05) is 13.1 Å². The van der Waals surface area contributed by atoms with Crippen molar-refractivity contribution in [2.75, 3.05) is 13.1 Å². The Balaban J connectivity index is 1.96. The molecule has 1 fully saturated rings. The molecule has 0 aliphatic carbocycles. The minimum atomic E-state index is 0.106. The van der Waals surface area contributed by atoms with Crippen molar-refractivity contribution in [3.05, 3.63) is 29.6 Å². The number of aromatic amines is 1. The number of para-hydroxylation sites is 1. The van der Waals surface area contributed by atoms with Gasteiger partial charge >= 0.3 is 0 Å². The number of likely N-dealkylation sites (tertiary alicyclic amines) is 1. The molecular formula is C16H21N3O. The van der Waals surface area contributed by atoms with E-state index in [9.17, 15) is 4.79 Å². The number of amides is 1. The third kappa shape index (κ3) is 2.30. The Hall–Kier alpha value is -1.84. The minimum absolute atomic E-state index is 0.106. The van der Waals surface area contributed by atoms with Crippen LogP contribution in [0, 0.1) is 12.3 Å². The number of aromatic nitrogens is 2. The van der Waals surface area contributed by atoms with E-state index in [1.165, 1.54) is 6.42 Å². The molecule has 0 unspecified atom stereocenters. The topological polar surface area (TPSA) is 49.0 Å². The largest absolute Gasteiger partial charge is 0.342 e. The van der Waals surface area contributed by atoms with Gasteiger partial charge in [0.2, 0.25) is 0 Å². The van der Waals surface area contributed by atoms with Crippen molar-refractivity contribution in [2.24, 2.45) is 5.41 Å². The molecule has 1 saturated heterocycles. The van der Waals surface area contributed by atoms with E-state index in [-0.39, 0.29) is 11.3 Å². The van der Waals surface area contributed by atoms with Crippen LogP contribution < -0.4 is 0 Å². The second-order valence-corrected chi connectivity index (χ2v) is 6.52. The van der Waals surface area contributed by atoms with Crippen LogP contribution >= 0.6 is 0 Å². The van der Waals surface area contributed by atoms with Gasteiger partial charge in [-0.1, -0.05) is 19.9 Å². The summed E-state index contributed by atoms with van der Waals surface area (Å²) in [5.74, 6) is 0.953. The van der Waals surface area contributed by atoms with Gasteiger partial charge in [0.05, 0.1) is 11.1 Å². The lowest BCUT2D eigenvalue weighted by Crippen LogP contribution is -2.43. The first-order valence-corrected chi connectivity index (χ1v) is 7.21. The highest BCUT2D eigenvalue weighted by atomic mass is 16.2. The van der Waals surface area contributed by atoms with E-state index in [0.717, 1.165) is 36.4 Å². The average Bonchev–Trinajstić information content (AvgIpc) is 2.76. The first kappa shape index (κ1) is 13.2. The number of imidazole rings is 1. The maximum atomic E-state index is 12.8. The zero-order valence-electron chi connectivity index (χ0n) is 12.4. The summed E-state index contributed by atoms with van der Waals surface area (Å²) in [6.45, 7) is 8.05. The van der Waals surface area contributed by atoms with E-state index >= 15 is 0 Å². The summed E-state index contributed by atoms with van der Waals surface area (Å²) in [5, 5.41) is 0. The predicted molar refractivity (Wildman–Crippen MR) is 79.7 cm³/mol. The number of benzene rings is 1. The number of rotatable bonds is 1. The normalized spacial score (nSPS) is 18.4. The fourth-order valence-electron chi connectivity index (χ4n) is 3.09. The van der Waals surface area contributed by atoms with Crippen molar-refractivity contribution in [3.8, 4) is 0 Å². The van der Waals surface area contributed by atoms with Gasteiger partial charge in [-0.2, -0.15) is 0 Å². The first-order valence-electron chi connectivity index (χ1n) is 7.21. The molecule has 4 heteroatoms. The molecule has 2 heterocycles. The van der Waals surface area contributed by atoms with Crippen molar-refractivity contribution in [3.63, 3.8) is 0 Å². The van der Waals surface area contributed by atoms with Gasteiger partial charge in [-0.25, -0.2) is 4.98 Å². The monoisotopic (exact) mass is 271 g/mol. The van der Waals surface area contributed by atoms with Crippen LogP contribution in [0.2, 0.25) is 0 Å². The molecule has 3 rings (SSSR count). The number of carbonyl (C=O) groups excluding carboxylic acids is 1.